The van der Waals surface area contributed by atoms with Gasteiger partial charge in [0, 0.05) is 17.2 Å². The van der Waals surface area contributed by atoms with E-state index in [1.807, 2.05) is 24.5 Å². The van der Waals surface area contributed by atoms with Crippen LogP contribution >= 0.6 is 11.8 Å². The summed E-state index contributed by atoms with van der Waals surface area (Å²) in [6, 6.07) is 8.47. The molecule has 5 nitrogen and oxygen atoms in total. The Hall–Kier alpha value is -2.23. The van der Waals surface area contributed by atoms with Crippen molar-refractivity contribution in [1.82, 2.24) is 4.57 Å². The SMILES string of the molecule is Cc1ccc(SCC(=O)Nc2c(C#N)c(C)c(C)n2C[C@@H]2CCCO2)cc1C. The normalized spacial score (nSPS) is 16.2. The lowest BCUT2D eigenvalue weighted by Gasteiger charge is -2.17. The van der Waals surface area contributed by atoms with Crippen molar-refractivity contribution in [2.75, 3.05) is 17.7 Å². The largest absolute Gasteiger partial charge is 0.376 e. The summed E-state index contributed by atoms with van der Waals surface area (Å²) < 4.78 is 7.79. The van der Waals surface area contributed by atoms with E-state index in [4.69, 9.17) is 4.74 Å². The van der Waals surface area contributed by atoms with Crippen molar-refractivity contribution in [3.63, 3.8) is 0 Å². The first-order chi connectivity index (χ1) is 13.4. The van der Waals surface area contributed by atoms with Crippen LogP contribution in [-0.4, -0.2) is 28.9 Å². The highest BCUT2D eigenvalue weighted by Crippen LogP contribution is 2.29. The number of nitrogens with one attached hydrogen (secondary N) is 1. The fourth-order valence-electron chi connectivity index (χ4n) is 3.47. The van der Waals surface area contributed by atoms with Gasteiger partial charge in [-0.3, -0.25) is 4.79 Å². The number of aryl methyl sites for hydroxylation is 2. The minimum Gasteiger partial charge on any atom is -0.376 e. The van der Waals surface area contributed by atoms with Gasteiger partial charge in [-0.15, -0.1) is 11.8 Å². The summed E-state index contributed by atoms with van der Waals surface area (Å²) in [5.41, 5.74) is 4.92. The van der Waals surface area contributed by atoms with Gasteiger partial charge in [-0.1, -0.05) is 6.07 Å². The third kappa shape index (κ3) is 4.43. The van der Waals surface area contributed by atoms with E-state index < -0.39 is 0 Å². The molecule has 1 saturated heterocycles. The van der Waals surface area contributed by atoms with E-state index in [0.29, 0.717) is 23.7 Å². The van der Waals surface area contributed by atoms with Gasteiger partial charge in [0.2, 0.25) is 5.91 Å². The Bertz CT molecular complexity index is 921. The molecule has 28 heavy (non-hydrogen) atoms. The fourth-order valence-corrected chi connectivity index (χ4v) is 4.27. The summed E-state index contributed by atoms with van der Waals surface area (Å²) in [6.45, 7) is 9.51. The highest BCUT2D eigenvalue weighted by Gasteiger charge is 2.24. The van der Waals surface area contributed by atoms with Crippen molar-refractivity contribution in [3.05, 3.63) is 46.1 Å². The van der Waals surface area contributed by atoms with Gasteiger partial charge in [0.25, 0.3) is 0 Å². The highest BCUT2D eigenvalue weighted by atomic mass is 32.2. The Labute approximate surface area is 171 Å². The number of nitrogens with zero attached hydrogens (tertiary/aromatic N) is 2. The lowest BCUT2D eigenvalue weighted by molar-refractivity contribution is -0.113. The number of carbonyl (C=O) groups excluding carboxylic acids is 1. The molecule has 0 bridgehead atoms. The first-order valence-corrected chi connectivity index (χ1v) is 10.6. The number of rotatable bonds is 6. The number of nitriles is 1. The number of hydrogen-bond acceptors (Lipinski definition) is 4. The zero-order chi connectivity index (χ0) is 20.3. The third-order valence-corrected chi connectivity index (χ3v) is 6.45. The van der Waals surface area contributed by atoms with Gasteiger partial charge in [0.1, 0.15) is 11.9 Å². The molecule has 0 aliphatic carbocycles. The van der Waals surface area contributed by atoms with E-state index in [0.717, 1.165) is 35.6 Å². The quantitative estimate of drug-likeness (QED) is 0.729. The van der Waals surface area contributed by atoms with Crippen LogP contribution in [0.4, 0.5) is 5.82 Å². The molecule has 1 atom stereocenters. The Morgan fingerprint density at radius 3 is 2.75 bits per heavy atom. The zero-order valence-corrected chi connectivity index (χ0v) is 17.8. The molecule has 1 aliphatic heterocycles. The fraction of sp³-hybridized carbons (Fsp3) is 0.455. The number of ether oxygens (including phenoxy) is 1. The van der Waals surface area contributed by atoms with Gasteiger partial charge < -0.3 is 14.6 Å². The number of benzene rings is 1. The van der Waals surface area contributed by atoms with Crippen LogP contribution in [0.5, 0.6) is 0 Å². The molecule has 1 aliphatic rings. The maximum Gasteiger partial charge on any atom is 0.235 e. The molecule has 0 radical (unpaired) electrons. The second-order valence-electron chi connectivity index (χ2n) is 7.37. The van der Waals surface area contributed by atoms with Crippen molar-refractivity contribution < 1.29 is 9.53 Å². The van der Waals surface area contributed by atoms with Crippen LogP contribution in [-0.2, 0) is 16.1 Å². The summed E-state index contributed by atoms with van der Waals surface area (Å²) in [5, 5.41) is 12.6. The Morgan fingerprint density at radius 1 is 1.32 bits per heavy atom. The third-order valence-electron chi connectivity index (χ3n) is 5.46. The predicted molar refractivity (Wildman–Crippen MR) is 113 cm³/mol. The summed E-state index contributed by atoms with van der Waals surface area (Å²) in [4.78, 5) is 13.7. The molecule has 148 valence electrons. The maximum absolute atomic E-state index is 12.6. The number of thioether (sulfide) groups is 1. The van der Waals surface area contributed by atoms with Crippen LogP contribution < -0.4 is 5.32 Å². The molecular weight excluding hydrogens is 370 g/mol. The van der Waals surface area contributed by atoms with Crippen LogP contribution in [0.2, 0.25) is 0 Å². The van der Waals surface area contributed by atoms with Crippen LogP contribution in [0.1, 0.15) is 40.8 Å². The first-order valence-electron chi connectivity index (χ1n) is 9.62. The molecule has 1 N–H and O–H groups in total. The summed E-state index contributed by atoms with van der Waals surface area (Å²) in [7, 11) is 0. The van der Waals surface area contributed by atoms with Gasteiger partial charge in [0.15, 0.2) is 0 Å². The average molecular weight is 398 g/mol. The van der Waals surface area contributed by atoms with Gasteiger partial charge in [-0.05, 0) is 69.4 Å². The Kier molecular flexibility index (Phi) is 6.48. The number of carbonyl (C=O) groups is 1. The number of amides is 1. The van der Waals surface area contributed by atoms with E-state index >= 15 is 0 Å². The average Bonchev–Trinajstić information content (AvgIpc) is 3.26. The molecular formula is C22H27N3O2S. The zero-order valence-electron chi connectivity index (χ0n) is 17.0. The molecule has 2 aromatic rings. The highest BCUT2D eigenvalue weighted by molar-refractivity contribution is 8.00. The van der Waals surface area contributed by atoms with Crippen LogP contribution in [0.3, 0.4) is 0 Å². The lowest BCUT2D eigenvalue weighted by Crippen LogP contribution is -2.22. The monoisotopic (exact) mass is 397 g/mol. The number of anilines is 1. The van der Waals surface area contributed by atoms with Gasteiger partial charge >= 0.3 is 0 Å². The topological polar surface area (TPSA) is 67.0 Å². The molecule has 1 aromatic heterocycles. The number of hydrogen-bond donors (Lipinski definition) is 1. The van der Waals surface area contributed by atoms with Gasteiger partial charge in [-0.25, -0.2) is 0 Å². The second kappa shape index (κ2) is 8.85. The first kappa shape index (κ1) is 20.5. The van der Waals surface area contributed by atoms with Crippen LogP contribution in [0, 0.1) is 39.0 Å². The van der Waals surface area contributed by atoms with E-state index in [1.54, 1.807) is 0 Å². The van der Waals surface area contributed by atoms with Crippen LogP contribution in [0.25, 0.3) is 0 Å². The molecule has 0 unspecified atom stereocenters. The molecule has 1 fully saturated rings. The standard InChI is InChI=1S/C22H27N3O2S/c1-14-7-8-19(10-15(14)2)28-13-21(26)24-22-20(11-23)16(3)17(4)25(22)12-18-6-5-9-27-18/h7-8,10,18H,5-6,9,12-13H2,1-4H3,(H,24,26)/t18-/m0/s1. The maximum atomic E-state index is 12.6. The summed E-state index contributed by atoms with van der Waals surface area (Å²) in [6.07, 6.45) is 2.20. The molecule has 1 amide bonds. The van der Waals surface area contributed by atoms with Crippen molar-refractivity contribution in [2.45, 2.75) is 58.1 Å². The molecule has 2 heterocycles. The Balaban J connectivity index is 1.74. The van der Waals surface area contributed by atoms with Crippen molar-refractivity contribution in [3.8, 4) is 6.07 Å². The Morgan fingerprint density at radius 2 is 2.11 bits per heavy atom. The van der Waals surface area contributed by atoms with E-state index in [1.165, 1.54) is 22.9 Å². The molecule has 6 heteroatoms. The van der Waals surface area contributed by atoms with Crippen molar-refractivity contribution in [2.24, 2.45) is 0 Å². The van der Waals surface area contributed by atoms with E-state index in [9.17, 15) is 10.1 Å². The lowest BCUT2D eigenvalue weighted by atomic mass is 10.1. The molecule has 1 aromatic carbocycles. The van der Waals surface area contributed by atoms with Crippen molar-refractivity contribution >= 4 is 23.5 Å². The summed E-state index contributed by atoms with van der Waals surface area (Å²) in [5.74, 6) is 0.792. The second-order valence-corrected chi connectivity index (χ2v) is 8.42. The minimum absolute atomic E-state index is 0.106. The molecule has 0 saturated carbocycles. The molecule has 3 rings (SSSR count). The van der Waals surface area contributed by atoms with E-state index in [-0.39, 0.29) is 12.0 Å². The van der Waals surface area contributed by atoms with Crippen molar-refractivity contribution in [1.29, 1.82) is 5.26 Å². The minimum atomic E-state index is -0.106. The van der Waals surface area contributed by atoms with E-state index in [2.05, 4.69) is 37.4 Å². The van der Waals surface area contributed by atoms with Crippen LogP contribution in [0.15, 0.2) is 23.1 Å². The summed E-state index contributed by atoms with van der Waals surface area (Å²) >= 11 is 1.50. The van der Waals surface area contributed by atoms with Gasteiger partial charge in [0.05, 0.1) is 24.0 Å². The van der Waals surface area contributed by atoms with Gasteiger partial charge in [-0.2, -0.15) is 5.26 Å². The predicted octanol–water partition coefficient (Wildman–Crippen LogP) is 4.50. The smallest absolute Gasteiger partial charge is 0.235 e. The number of aromatic nitrogens is 1. The molecule has 0 spiro atoms.